The molecule has 0 atom stereocenters. The lowest BCUT2D eigenvalue weighted by Gasteiger charge is -2.28. The number of halogens is 1. The summed E-state index contributed by atoms with van der Waals surface area (Å²) in [4.78, 5) is 11.8. The maximum Gasteiger partial charge on any atom is 0.156 e. The zero-order valence-corrected chi connectivity index (χ0v) is 13.7. The number of hydrogen-bond donors (Lipinski definition) is 0. The number of aromatic nitrogens is 2. The molecule has 1 aliphatic carbocycles. The van der Waals surface area contributed by atoms with Crippen molar-refractivity contribution in [1.29, 1.82) is 0 Å². The van der Waals surface area contributed by atoms with E-state index < -0.39 is 0 Å². The topological polar surface area (TPSA) is 34.9 Å². The largest absolute Gasteiger partial charge is 0.295 e. The summed E-state index contributed by atoms with van der Waals surface area (Å²) >= 11 is 3.64. The second kappa shape index (κ2) is 5.23. The summed E-state index contributed by atoms with van der Waals surface area (Å²) < 4.78 is 3.02. The van der Waals surface area contributed by atoms with Crippen LogP contribution in [-0.4, -0.2) is 15.6 Å². The Labute approximate surface area is 123 Å². The van der Waals surface area contributed by atoms with Crippen LogP contribution in [0.4, 0.5) is 0 Å². The van der Waals surface area contributed by atoms with E-state index in [0.29, 0.717) is 6.42 Å². The Morgan fingerprint density at radius 3 is 2.63 bits per heavy atom. The molecular formula is C15H21BrN2O. The molecule has 0 spiro atoms. The van der Waals surface area contributed by atoms with E-state index in [4.69, 9.17) is 0 Å². The van der Waals surface area contributed by atoms with Crippen molar-refractivity contribution in [2.75, 3.05) is 0 Å². The monoisotopic (exact) mass is 324 g/mol. The SMILES string of the molecule is CCc1nn(C)c(CC2=CC(=O)CC(C)(C)C2)c1Br. The summed E-state index contributed by atoms with van der Waals surface area (Å²) in [5.41, 5.74) is 3.54. The van der Waals surface area contributed by atoms with Crippen LogP contribution in [0, 0.1) is 5.41 Å². The normalized spacial score (nSPS) is 18.6. The Bertz CT molecular complexity index is 541. The van der Waals surface area contributed by atoms with Crippen LogP contribution in [-0.2, 0) is 24.7 Å². The predicted octanol–water partition coefficient (Wildman–Crippen LogP) is 3.60. The van der Waals surface area contributed by atoms with E-state index in [9.17, 15) is 4.79 Å². The molecule has 1 aromatic rings. The third kappa shape index (κ3) is 3.16. The second-order valence-corrected chi connectivity index (χ2v) is 6.94. The number of carbonyl (C=O) groups excluding carboxylic acids is 1. The van der Waals surface area contributed by atoms with Crippen molar-refractivity contribution in [3.05, 3.63) is 27.5 Å². The number of carbonyl (C=O) groups is 1. The standard InChI is InChI=1S/C15H21BrN2O/c1-5-12-14(16)13(18(4)17-12)7-10-6-11(19)9-15(2,3)8-10/h6H,5,7-9H2,1-4H3. The molecule has 0 radical (unpaired) electrons. The van der Waals surface area contributed by atoms with E-state index in [-0.39, 0.29) is 11.2 Å². The molecule has 0 saturated heterocycles. The second-order valence-electron chi connectivity index (χ2n) is 6.15. The van der Waals surface area contributed by atoms with Crippen LogP contribution in [0.3, 0.4) is 0 Å². The Morgan fingerprint density at radius 2 is 2.11 bits per heavy atom. The lowest BCUT2D eigenvalue weighted by molar-refractivity contribution is -0.117. The van der Waals surface area contributed by atoms with Gasteiger partial charge in [-0.1, -0.05) is 26.3 Å². The van der Waals surface area contributed by atoms with Gasteiger partial charge in [0.1, 0.15) is 0 Å². The molecule has 0 bridgehead atoms. The van der Waals surface area contributed by atoms with Crippen molar-refractivity contribution in [2.45, 2.75) is 46.5 Å². The molecule has 3 nitrogen and oxygen atoms in total. The summed E-state index contributed by atoms with van der Waals surface area (Å²) in [6, 6.07) is 0. The molecule has 104 valence electrons. The average molecular weight is 325 g/mol. The lowest BCUT2D eigenvalue weighted by atomic mass is 9.76. The van der Waals surface area contributed by atoms with Crippen LogP contribution in [0.15, 0.2) is 16.1 Å². The van der Waals surface area contributed by atoms with Gasteiger partial charge < -0.3 is 0 Å². The van der Waals surface area contributed by atoms with Gasteiger partial charge in [0, 0.05) is 19.9 Å². The van der Waals surface area contributed by atoms with Crippen LogP contribution in [0.1, 0.15) is 45.0 Å². The first-order valence-corrected chi connectivity index (χ1v) is 7.54. The smallest absolute Gasteiger partial charge is 0.156 e. The first-order chi connectivity index (χ1) is 8.82. The minimum Gasteiger partial charge on any atom is -0.295 e. The minimum atomic E-state index is 0.0832. The van der Waals surface area contributed by atoms with E-state index in [1.165, 1.54) is 5.57 Å². The van der Waals surface area contributed by atoms with E-state index in [2.05, 4.69) is 41.8 Å². The summed E-state index contributed by atoms with van der Waals surface area (Å²) in [7, 11) is 1.97. The van der Waals surface area contributed by atoms with Gasteiger partial charge >= 0.3 is 0 Å². The van der Waals surface area contributed by atoms with E-state index in [1.807, 2.05) is 17.8 Å². The fourth-order valence-corrected chi connectivity index (χ4v) is 3.58. The van der Waals surface area contributed by atoms with Crippen molar-refractivity contribution in [2.24, 2.45) is 12.5 Å². The van der Waals surface area contributed by atoms with Crippen molar-refractivity contribution in [1.82, 2.24) is 9.78 Å². The molecule has 0 amide bonds. The van der Waals surface area contributed by atoms with Crippen LogP contribution in [0.2, 0.25) is 0 Å². The van der Waals surface area contributed by atoms with E-state index >= 15 is 0 Å². The molecule has 0 aromatic carbocycles. The van der Waals surface area contributed by atoms with Crippen molar-refractivity contribution in [3.63, 3.8) is 0 Å². The number of nitrogens with zero attached hydrogens (tertiary/aromatic N) is 2. The molecular weight excluding hydrogens is 304 g/mol. The minimum absolute atomic E-state index is 0.0832. The Balaban J connectivity index is 2.27. The van der Waals surface area contributed by atoms with Gasteiger partial charge in [-0.05, 0) is 40.3 Å². The molecule has 0 unspecified atom stereocenters. The summed E-state index contributed by atoms with van der Waals surface area (Å²) in [5.74, 6) is 0.250. The molecule has 1 heterocycles. The Hall–Kier alpha value is -0.900. The lowest BCUT2D eigenvalue weighted by Crippen LogP contribution is -2.22. The van der Waals surface area contributed by atoms with Crippen molar-refractivity contribution in [3.8, 4) is 0 Å². The number of allylic oxidation sites excluding steroid dienone is 2. The van der Waals surface area contributed by atoms with Gasteiger partial charge in [0.05, 0.1) is 15.9 Å². The van der Waals surface area contributed by atoms with Crippen LogP contribution >= 0.6 is 15.9 Å². The Kier molecular flexibility index (Phi) is 4.00. The molecule has 2 rings (SSSR count). The quantitative estimate of drug-likeness (QED) is 0.851. The summed E-state index contributed by atoms with van der Waals surface area (Å²) in [6.07, 6.45) is 5.19. The average Bonchev–Trinajstić information content (AvgIpc) is 2.53. The molecule has 0 N–H and O–H groups in total. The van der Waals surface area contributed by atoms with Crippen LogP contribution < -0.4 is 0 Å². The number of hydrogen-bond acceptors (Lipinski definition) is 2. The zero-order chi connectivity index (χ0) is 14.2. The van der Waals surface area contributed by atoms with Gasteiger partial charge in [0.2, 0.25) is 0 Å². The van der Waals surface area contributed by atoms with Crippen LogP contribution in [0.5, 0.6) is 0 Å². The van der Waals surface area contributed by atoms with Gasteiger partial charge in [-0.25, -0.2) is 0 Å². The molecule has 4 heteroatoms. The molecule has 0 aliphatic heterocycles. The summed E-state index contributed by atoms with van der Waals surface area (Å²) in [6.45, 7) is 6.42. The van der Waals surface area contributed by atoms with Gasteiger partial charge in [-0.15, -0.1) is 0 Å². The number of ketones is 1. The highest BCUT2D eigenvalue weighted by Crippen LogP contribution is 2.36. The Morgan fingerprint density at radius 1 is 1.42 bits per heavy atom. The first-order valence-electron chi connectivity index (χ1n) is 6.75. The maximum atomic E-state index is 11.8. The molecule has 0 fully saturated rings. The van der Waals surface area contributed by atoms with Crippen molar-refractivity contribution >= 4 is 21.7 Å². The third-order valence-electron chi connectivity index (χ3n) is 3.62. The third-order valence-corrected chi connectivity index (χ3v) is 4.54. The van der Waals surface area contributed by atoms with Gasteiger partial charge in [0.15, 0.2) is 5.78 Å². The van der Waals surface area contributed by atoms with E-state index in [1.54, 1.807) is 0 Å². The van der Waals surface area contributed by atoms with Gasteiger partial charge in [0.25, 0.3) is 0 Å². The maximum absolute atomic E-state index is 11.8. The van der Waals surface area contributed by atoms with Gasteiger partial charge in [-0.2, -0.15) is 5.10 Å². The highest BCUT2D eigenvalue weighted by molar-refractivity contribution is 9.10. The first kappa shape index (κ1) is 14.5. The fraction of sp³-hybridized carbons (Fsp3) is 0.600. The number of aryl methyl sites for hydroxylation is 2. The fourth-order valence-electron chi connectivity index (χ4n) is 2.82. The number of rotatable bonds is 3. The van der Waals surface area contributed by atoms with Gasteiger partial charge in [-0.3, -0.25) is 9.48 Å². The van der Waals surface area contributed by atoms with Crippen molar-refractivity contribution < 1.29 is 4.79 Å². The summed E-state index contributed by atoms with van der Waals surface area (Å²) in [5, 5.41) is 4.51. The molecule has 1 aromatic heterocycles. The molecule has 0 saturated carbocycles. The highest BCUT2D eigenvalue weighted by Gasteiger charge is 2.28. The molecule has 1 aliphatic rings. The predicted molar refractivity (Wildman–Crippen MR) is 80.1 cm³/mol. The van der Waals surface area contributed by atoms with E-state index in [0.717, 1.165) is 35.1 Å². The van der Waals surface area contributed by atoms with Crippen LogP contribution in [0.25, 0.3) is 0 Å². The highest BCUT2D eigenvalue weighted by atomic mass is 79.9. The molecule has 19 heavy (non-hydrogen) atoms. The zero-order valence-electron chi connectivity index (χ0n) is 12.1.